The first-order valence-electron chi connectivity index (χ1n) is 12.1. The van der Waals surface area contributed by atoms with Crippen molar-refractivity contribution < 1.29 is 18.0 Å². The molecule has 7 nitrogen and oxygen atoms in total. The Bertz CT molecular complexity index is 1200. The molecule has 0 bridgehead atoms. The summed E-state index contributed by atoms with van der Waals surface area (Å²) < 4.78 is 26.5. The molecule has 36 heavy (non-hydrogen) atoms. The summed E-state index contributed by atoms with van der Waals surface area (Å²) in [6.07, 6.45) is 5.39. The van der Waals surface area contributed by atoms with E-state index in [1.54, 1.807) is 36.4 Å². The fourth-order valence-corrected chi connectivity index (χ4v) is 5.68. The number of benzene rings is 2. The van der Waals surface area contributed by atoms with Gasteiger partial charge in [-0.15, -0.1) is 0 Å². The molecule has 2 amide bonds. The van der Waals surface area contributed by atoms with Gasteiger partial charge in [-0.3, -0.25) is 13.9 Å². The third-order valence-corrected chi connectivity index (χ3v) is 8.27. The van der Waals surface area contributed by atoms with E-state index in [4.69, 9.17) is 23.2 Å². The standard InChI is InChI=1S/C26H33Cl2N3O4S/c1-4-24(26(33)29-20-9-5-6-10-20)30(16-19-12-13-22(27)23(28)15-19)25(32)17-31(36(3,34)35)21-11-7-8-18(2)14-21/h7-8,11-15,20,24H,4-6,9-10,16-17H2,1-3H3,(H,29,33). The fraction of sp³-hybridized carbons (Fsp3) is 0.462. The summed E-state index contributed by atoms with van der Waals surface area (Å²) in [4.78, 5) is 28.5. The molecule has 1 atom stereocenters. The number of halogens is 2. The SMILES string of the molecule is CCC(C(=O)NC1CCCC1)N(Cc1ccc(Cl)c(Cl)c1)C(=O)CN(c1cccc(C)c1)S(C)(=O)=O. The van der Waals surface area contributed by atoms with Crippen LogP contribution in [0.5, 0.6) is 0 Å². The zero-order valence-electron chi connectivity index (χ0n) is 20.8. The summed E-state index contributed by atoms with van der Waals surface area (Å²) in [6, 6.07) is 11.3. The highest BCUT2D eigenvalue weighted by Gasteiger charge is 2.33. The summed E-state index contributed by atoms with van der Waals surface area (Å²) >= 11 is 12.3. The second-order valence-electron chi connectivity index (χ2n) is 9.29. The Balaban J connectivity index is 1.94. The number of aryl methyl sites for hydroxylation is 1. The molecule has 0 saturated heterocycles. The molecule has 1 aliphatic rings. The molecular formula is C26H33Cl2N3O4S. The number of nitrogens with zero attached hydrogens (tertiary/aromatic N) is 2. The zero-order chi connectivity index (χ0) is 26.5. The van der Waals surface area contributed by atoms with Crippen LogP contribution in [0.4, 0.5) is 5.69 Å². The molecule has 2 aromatic rings. The third-order valence-electron chi connectivity index (χ3n) is 6.39. The average molecular weight is 555 g/mol. The predicted octanol–water partition coefficient (Wildman–Crippen LogP) is 4.93. The lowest BCUT2D eigenvalue weighted by Crippen LogP contribution is -2.53. The van der Waals surface area contributed by atoms with Gasteiger partial charge < -0.3 is 10.2 Å². The Morgan fingerprint density at radius 2 is 1.78 bits per heavy atom. The second-order valence-corrected chi connectivity index (χ2v) is 12.0. The summed E-state index contributed by atoms with van der Waals surface area (Å²) in [5.41, 5.74) is 1.94. The summed E-state index contributed by atoms with van der Waals surface area (Å²) in [6.45, 7) is 3.33. The fourth-order valence-electron chi connectivity index (χ4n) is 4.52. The van der Waals surface area contributed by atoms with E-state index < -0.39 is 28.5 Å². The number of hydrogen-bond donors (Lipinski definition) is 1. The molecule has 0 aromatic heterocycles. The second kappa shape index (κ2) is 12.3. The van der Waals surface area contributed by atoms with Gasteiger partial charge in [0.1, 0.15) is 12.6 Å². The van der Waals surface area contributed by atoms with Gasteiger partial charge in [0.15, 0.2) is 0 Å². The Morgan fingerprint density at radius 1 is 1.08 bits per heavy atom. The number of sulfonamides is 1. The van der Waals surface area contributed by atoms with E-state index in [0.29, 0.717) is 27.7 Å². The van der Waals surface area contributed by atoms with Crippen molar-refractivity contribution in [2.75, 3.05) is 17.1 Å². The highest BCUT2D eigenvalue weighted by molar-refractivity contribution is 7.92. The summed E-state index contributed by atoms with van der Waals surface area (Å²) in [5, 5.41) is 3.80. The van der Waals surface area contributed by atoms with Gasteiger partial charge in [-0.05, 0) is 61.6 Å². The first-order valence-corrected chi connectivity index (χ1v) is 14.7. The van der Waals surface area contributed by atoms with Crippen LogP contribution < -0.4 is 9.62 Å². The predicted molar refractivity (Wildman–Crippen MR) is 145 cm³/mol. The molecule has 0 radical (unpaired) electrons. The van der Waals surface area contributed by atoms with E-state index in [-0.39, 0.29) is 18.5 Å². The van der Waals surface area contributed by atoms with Crippen molar-refractivity contribution >= 4 is 50.7 Å². The van der Waals surface area contributed by atoms with Crippen LogP contribution in [-0.4, -0.2) is 50.0 Å². The Hall–Kier alpha value is -2.29. The zero-order valence-corrected chi connectivity index (χ0v) is 23.2. The smallest absolute Gasteiger partial charge is 0.244 e. The summed E-state index contributed by atoms with van der Waals surface area (Å²) in [5.74, 6) is -0.722. The van der Waals surface area contributed by atoms with Crippen molar-refractivity contribution in [2.45, 2.75) is 64.6 Å². The van der Waals surface area contributed by atoms with Crippen LogP contribution in [0.25, 0.3) is 0 Å². The van der Waals surface area contributed by atoms with Crippen LogP contribution in [0.15, 0.2) is 42.5 Å². The lowest BCUT2D eigenvalue weighted by atomic mass is 10.1. The van der Waals surface area contributed by atoms with Gasteiger partial charge in [0.2, 0.25) is 21.8 Å². The maximum Gasteiger partial charge on any atom is 0.244 e. The Morgan fingerprint density at radius 3 is 2.36 bits per heavy atom. The summed E-state index contributed by atoms with van der Waals surface area (Å²) in [7, 11) is -3.77. The van der Waals surface area contributed by atoms with Gasteiger partial charge in [-0.1, -0.05) is 61.2 Å². The van der Waals surface area contributed by atoms with Crippen LogP contribution in [-0.2, 0) is 26.2 Å². The number of hydrogen-bond acceptors (Lipinski definition) is 4. The first-order chi connectivity index (χ1) is 17.0. The number of nitrogens with one attached hydrogen (secondary N) is 1. The molecule has 0 spiro atoms. The monoisotopic (exact) mass is 553 g/mol. The van der Waals surface area contributed by atoms with Crippen molar-refractivity contribution in [1.82, 2.24) is 10.2 Å². The molecular weight excluding hydrogens is 521 g/mol. The van der Waals surface area contributed by atoms with Crippen LogP contribution >= 0.6 is 23.2 Å². The van der Waals surface area contributed by atoms with Crippen LogP contribution in [0.1, 0.15) is 50.2 Å². The van der Waals surface area contributed by atoms with Crippen molar-refractivity contribution in [3.8, 4) is 0 Å². The lowest BCUT2D eigenvalue weighted by molar-refractivity contribution is -0.140. The molecule has 1 unspecified atom stereocenters. The topological polar surface area (TPSA) is 86.8 Å². The van der Waals surface area contributed by atoms with Gasteiger partial charge in [0.05, 0.1) is 22.0 Å². The van der Waals surface area contributed by atoms with E-state index in [1.165, 1.54) is 4.90 Å². The highest BCUT2D eigenvalue weighted by atomic mass is 35.5. The molecule has 1 saturated carbocycles. The lowest BCUT2D eigenvalue weighted by Gasteiger charge is -2.33. The van der Waals surface area contributed by atoms with Crippen LogP contribution in [0, 0.1) is 6.92 Å². The maximum absolute atomic E-state index is 13.7. The molecule has 0 aliphatic heterocycles. The van der Waals surface area contributed by atoms with E-state index in [2.05, 4.69) is 5.32 Å². The molecule has 2 aromatic carbocycles. The average Bonchev–Trinajstić information content (AvgIpc) is 3.31. The van der Waals surface area contributed by atoms with Gasteiger partial charge in [-0.2, -0.15) is 0 Å². The van der Waals surface area contributed by atoms with Crippen molar-refractivity contribution in [3.05, 3.63) is 63.6 Å². The number of anilines is 1. The minimum absolute atomic E-state index is 0.0811. The van der Waals surface area contributed by atoms with Gasteiger partial charge in [-0.25, -0.2) is 8.42 Å². The van der Waals surface area contributed by atoms with Crippen LogP contribution in [0.3, 0.4) is 0 Å². The van der Waals surface area contributed by atoms with E-state index >= 15 is 0 Å². The number of carbonyl (C=O) groups is 2. The van der Waals surface area contributed by atoms with Crippen molar-refractivity contribution in [1.29, 1.82) is 0 Å². The van der Waals surface area contributed by atoms with Gasteiger partial charge in [0.25, 0.3) is 0 Å². The normalized spacial score (nSPS) is 14.9. The molecule has 1 aliphatic carbocycles. The molecule has 10 heteroatoms. The number of carbonyl (C=O) groups excluding carboxylic acids is 2. The number of rotatable bonds is 10. The van der Waals surface area contributed by atoms with Crippen molar-refractivity contribution in [2.24, 2.45) is 0 Å². The quantitative estimate of drug-likeness (QED) is 0.451. The van der Waals surface area contributed by atoms with E-state index in [0.717, 1.165) is 41.8 Å². The van der Waals surface area contributed by atoms with Crippen LogP contribution in [0.2, 0.25) is 10.0 Å². The minimum atomic E-state index is -3.77. The minimum Gasteiger partial charge on any atom is -0.352 e. The first kappa shape index (κ1) is 28.3. The molecule has 1 N–H and O–H groups in total. The Labute approximate surface area is 223 Å². The molecule has 3 rings (SSSR count). The third kappa shape index (κ3) is 7.37. The highest BCUT2D eigenvalue weighted by Crippen LogP contribution is 2.25. The van der Waals surface area contributed by atoms with Gasteiger partial charge in [0, 0.05) is 12.6 Å². The van der Waals surface area contributed by atoms with E-state index in [1.807, 2.05) is 19.9 Å². The van der Waals surface area contributed by atoms with Crippen molar-refractivity contribution in [3.63, 3.8) is 0 Å². The largest absolute Gasteiger partial charge is 0.352 e. The Kier molecular flexibility index (Phi) is 9.66. The molecule has 1 fully saturated rings. The van der Waals surface area contributed by atoms with E-state index in [9.17, 15) is 18.0 Å². The van der Waals surface area contributed by atoms with Gasteiger partial charge >= 0.3 is 0 Å². The number of amides is 2. The molecule has 0 heterocycles. The maximum atomic E-state index is 13.7. The molecule has 196 valence electrons.